The first-order chi connectivity index (χ1) is 15.1. The summed E-state index contributed by atoms with van der Waals surface area (Å²) in [7, 11) is 0. The second kappa shape index (κ2) is 8.44. The van der Waals surface area contributed by atoms with Crippen molar-refractivity contribution in [3.8, 4) is 0 Å². The van der Waals surface area contributed by atoms with Gasteiger partial charge in [0.05, 0.1) is 12.2 Å². The maximum absolute atomic E-state index is 13.1. The summed E-state index contributed by atoms with van der Waals surface area (Å²) in [6.45, 7) is 6.55. The number of rotatable bonds is 4. The lowest BCUT2D eigenvalue weighted by molar-refractivity contribution is -0.144. The molecule has 31 heavy (non-hydrogen) atoms. The first kappa shape index (κ1) is 20.2. The molecule has 5 heterocycles. The van der Waals surface area contributed by atoms with Crippen LogP contribution in [-0.4, -0.2) is 57.5 Å². The Kier molecular flexibility index (Phi) is 5.50. The monoisotopic (exact) mass is 420 g/mol. The number of hydrogen-bond acceptors (Lipinski definition) is 6. The number of anilines is 2. The van der Waals surface area contributed by atoms with Gasteiger partial charge in [0.2, 0.25) is 11.9 Å². The molecule has 0 saturated carbocycles. The number of nitrogens with zero attached hydrogens (tertiary/aromatic N) is 6. The zero-order chi connectivity index (χ0) is 21.3. The molecule has 0 unspecified atom stereocenters. The molecule has 7 nitrogen and oxygen atoms in total. The number of aromatic nitrogens is 3. The third-order valence-corrected chi connectivity index (χ3v) is 7.21. The predicted molar refractivity (Wildman–Crippen MR) is 121 cm³/mol. The van der Waals surface area contributed by atoms with Crippen molar-refractivity contribution in [1.82, 2.24) is 19.9 Å². The van der Waals surface area contributed by atoms with E-state index in [4.69, 9.17) is 4.98 Å². The maximum Gasteiger partial charge on any atom is 0.225 e. The van der Waals surface area contributed by atoms with Gasteiger partial charge in [0.1, 0.15) is 5.82 Å². The van der Waals surface area contributed by atoms with Gasteiger partial charge in [-0.2, -0.15) is 0 Å². The minimum absolute atomic E-state index is 0.0685. The molecule has 5 rings (SSSR count). The molecule has 1 amide bonds. The van der Waals surface area contributed by atoms with Crippen LogP contribution in [0.2, 0.25) is 0 Å². The minimum atomic E-state index is -0.0685. The van der Waals surface area contributed by atoms with Crippen LogP contribution in [0.4, 0.5) is 11.8 Å². The van der Waals surface area contributed by atoms with Crippen molar-refractivity contribution in [2.75, 3.05) is 36.0 Å². The molecule has 3 aliphatic heterocycles. The number of carbonyl (C=O) groups is 1. The molecule has 1 spiro atoms. The van der Waals surface area contributed by atoms with E-state index >= 15 is 0 Å². The van der Waals surface area contributed by atoms with Crippen LogP contribution in [0.5, 0.6) is 0 Å². The fourth-order valence-corrected chi connectivity index (χ4v) is 5.43. The molecule has 0 bridgehead atoms. The lowest BCUT2D eigenvalue weighted by atomic mass is 9.78. The van der Waals surface area contributed by atoms with Gasteiger partial charge < -0.3 is 14.7 Å². The topological polar surface area (TPSA) is 65.5 Å². The Balaban J connectivity index is 1.33. The third-order valence-electron chi connectivity index (χ3n) is 7.21. The number of amides is 1. The second-order valence-electron chi connectivity index (χ2n) is 9.22. The molecular formula is C24H32N6O. The molecule has 0 atom stereocenters. The SMILES string of the molecule is Cc1ccnc(N2CCC3(CCCC(=O)N3Cc3cccc(N4CCCC4)n3)CC2)n1. The summed E-state index contributed by atoms with van der Waals surface area (Å²) in [5.41, 5.74) is 1.92. The Morgan fingerprint density at radius 3 is 2.52 bits per heavy atom. The van der Waals surface area contributed by atoms with E-state index < -0.39 is 0 Å². The quantitative estimate of drug-likeness (QED) is 0.756. The van der Waals surface area contributed by atoms with Crippen molar-refractivity contribution >= 4 is 17.7 Å². The van der Waals surface area contributed by atoms with Crippen molar-refractivity contribution in [3.05, 3.63) is 41.9 Å². The zero-order valence-corrected chi connectivity index (χ0v) is 18.5. The zero-order valence-electron chi connectivity index (χ0n) is 18.5. The highest BCUT2D eigenvalue weighted by Crippen LogP contribution is 2.39. The summed E-state index contributed by atoms with van der Waals surface area (Å²) in [5, 5.41) is 0. The van der Waals surface area contributed by atoms with Crippen molar-refractivity contribution < 1.29 is 4.79 Å². The number of likely N-dealkylation sites (tertiary alicyclic amines) is 1. The molecule has 0 N–H and O–H groups in total. The standard InChI is InChI=1S/C24H32N6O/c1-19-9-13-25-23(26-19)29-16-11-24(12-17-29)10-5-8-22(31)30(24)18-20-6-4-7-21(27-20)28-14-2-3-15-28/h4,6-7,9,13H,2-3,5,8,10-12,14-18H2,1H3. The van der Waals surface area contributed by atoms with E-state index in [9.17, 15) is 4.79 Å². The van der Waals surface area contributed by atoms with Gasteiger partial charge in [0, 0.05) is 50.0 Å². The maximum atomic E-state index is 13.1. The highest BCUT2D eigenvalue weighted by Gasteiger charge is 2.44. The lowest BCUT2D eigenvalue weighted by Gasteiger charge is -2.51. The molecule has 2 aromatic heterocycles. The van der Waals surface area contributed by atoms with Crippen LogP contribution >= 0.6 is 0 Å². The predicted octanol–water partition coefficient (Wildman–Crippen LogP) is 3.33. The Morgan fingerprint density at radius 1 is 0.935 bits per heavy atom. The molecular weight excluding hydrogens is 388 g/mol. The highest BCUT2D eigenvalue weighted by molar-refractivity contribution is 5.78. The van der Waals surface area contributed by atoms with Crippen molar-refractivity contribution in [2.45, 2.75) is 64.0 Å². The molecule has 3 aliphatic rings. The Morgan fingerprint density at radius 2 is 1.74 bits per heavy atom. The van der Waals surface area contributed by atoms with E-state index in [0.717, 1.165) is 75.0 Å². The normalized spacial score (nSPS) is 21.2. The number of carbonyl (C=O) groups excluding carboxylic acids is 1. The van der Waals surface area contributed by atoms with Gasteiger partial charge in [-0.15, -0.1) is 0 Å². The Hall–Kier alpha value is -2.70. The first-order valence-corrected chi connectivity index (χ1v) is 11.7. The van der Waals surface area contributed by atoms with Gasteiger partial charge in [0.25, 0.3) is 0 Å². The number of aryl methyl sites for hydroxylation is 1. The summed E-state index contributed by atoms with van der Waals surface area (Å²) in [5.74, 6) is 2.14. The van der Waals surface area contributed by atoms with Crippen LogP contribution in [0.1, 0.15) is 56.3 Å². The molecule has 7 heteroatoms. The van der Waals surface area contributed by atoms with E-state index in [2.05, 4.69) is 42.9 Å². The van der Waals surface area contributed by atoms with Crippen LogP contribution in [0, 0.1) is 6.92 Å². The average molecular weight is 421 g/mol. The molecule has 3 fully saturated rings. The van der Waals surface area contributed by atoms with Crippen molar-refractivity contribution in [2.24, 2.45) is 0 Å². The van der Waals surface area contributed by atoms with Crippen molar-refractivity contribution in [3.63, 3.8) is 0 Å². The lowest BCUT2D eigenvalue weighted by Crippen LogP contribution is -2.59. The van der Waals surface area contributed by atoms with E-state index in [1.807, 2.05) is 19.2 Å². The van der Waals surface area contributed by atoms with Gasteiger partial charge in [-0.25, -0.2) is 15.0 Å². The van der Waals surface area contributed by atoms with Gasteiger partial charge in [-0.3, -0.25) is 4.79 Å². The average Bonchev–Trinajstić information content (AvgIpc) is 3.32. The fourth-order valence-electron chi connectivity index (χ4n) is 5.43. The largest absolute Gasteiger partial charge is 0.357 e. The first-order valence-electron chi connectivity index (χ1n) is 11.7. The summed E-state index contributed by atoms with van der Waals surface area (Å²) in [6, 6.07) is 8.20. The Bertz CT molecular complexity index is 933. The van der Waals surface area contributed by atoms with Crippen LogP contribution in [0.15, 0.2) is 30.5 Å². The van der Waals surface area contributed by atoms with E-state index in [-0.39, 0.29) is 11.4 Å². The van der Waals surface area contributed by atoms with E-state index in [0.29, 0.717) is 13.0 Å². The molecule has 3 saturated heterocycles. The molecule has 2 aromatic rings. The van der Waals surface area contributed by atoms with Gasteiger partial charge in [0.15, 0.2) is 0 Å². The molecule has 164 valence electrons. The summed E-state index contributed by atoms with van der Waals surface area (Å²) in [4.78, 5) is 33.8. The summed E-state index contributed by atoms with van der Waals surface area (Å²) < 4.78 is 0. The van der Waals surface area contributed by atoms with Gasteiger partial charge >= 0.3 is 0 Å². The minimum Gasteiger partial charge on any atom is -0.357 e. The Labute approximate surface area is 184 Å². The molecule has 0 aliphatic carbocycles. The van der Waals surface area contributed by atoms with Crippen LogP contribution in [0.3, 0.4) is 0 Å². The van der Waals surface area contributed by atoms with Crippen LogP contribution in [0.25, 0.3) is 0 Å². The highest BCUT2D eigenvalue weighted by atomic mass is 16.2. The number of pyridine rings is 1. The molecule has 0 radical (unpaired) electrons. The van der Waals surface area contributed by atoms with E-state index in [1.165, 1.54) is 12.8 Å². The van der Waals surface area contributed by atoms with Gasteiger partial charge in [-0.05, 0) is 63.6 Å². The molecule has 0 aromatic carbocycles. The number of piperidine rings is 2. The summed E-state index contributed by atoms with van der Waals surface area (Å²) >= 11 is 0. The van der Waals surface area contributed by atoms with Crippen LogP contribution in [-0.2, 0) is 11.3 Å². The fraction of sp³-hybridized carbons (Fsp3) is 0.583. The third kappa shape index (κ3) is 4.10. The van der Waals surface area contributed by atoms with Crippen LogP contribution < -0.4 is 9.80 Å². The van der Waals surface area contributed by atoms with Gasteiger partial charge in [-0.1, -0.05) is 6.07 Å². The second-order valence-corrected chi connectivity index (χ2v) is 9.22. The van der Waals surface area contributed by atoms with Crippen molar-refractivity contribution in [1.29, 1.82) is 0 Å². The number of hydrogen-bond donors (Lipinski definition) is 0. The smallest absolute Gasteiger partial charge is 0.225 e. The summed E-state index contributed by atoms with van der Waals surface area (Å²) in [6.07, 6.45) is 8.94. The van der Waals surface area contributed by atoms with E-state index in [1.54, 1.807) is 0 Å².